The zero-order valence-corrected chi connectivity index (χ0v) is 19.4. The standard InChI is InChI=1S/C29H30N4O/c1-2-10-23-21(7-1)8-5-12-26(23)32-17-14-29(15-18-32)33-27(24-11-3-4-13-28(24)34-29)19-25(31-33)22-9-6-16-30-20-22/h1-4,6-7,9-11,13,16,20,26-27H,5,8,12,14-15,17-19H2. The number of pyridine rings is 1. The van der Waals surface area contributed by atoms with Crippen molar-refractivity contribution in [3.63, 3.8) is 0 Å². The van der Waals surface area contributed by atoms with Gasteiger partial charge in [0.1, 0.15) is 5.75 Å². The van der Waals surface area contributed by atoms with Crippen LogP contribution < -0.4 is 4.74 Å². The average molecular weight is 451 g/mol. The van der Waals surface area contributed by atoms with Crippen molar-refractivity contribution < 1.29 is 4.74 Å². The molecule has 3 aromatic rings. The molecule has 0 saturated carbocycles. The summed E-state index contributed by atoms with van der Waals surface area (Å²) in [6.45, 7) is 2.06. The van der Waals surface area contributed by atoms with Crippen LogP contribution in [0, 0.1) is 0 Å². The van der Waals surface area contributed by atoms with Crippen LogP contribution in [0.5, 0.6) is 5.75 Å². The third-order valence-corrected chi connectivity index (χ3v) is 8.26. The minimum Gasteiger partial charge on any atom is -0.466 e. The molecule has 0 N–H and O–H groups in total. The van der Waals surface area contributed by atoms with Gasteiger partial charge in [0, 0.05) is 61.9 Å². The summed E-state index contributed by atoms with van der Waals surface area (Å²) in [5, 5.41) is 7.51. The van der Waals surface area contributed by atoms with Gasteiger partial charge in [0.05, 0.1) is 11.8 Å². The minimum absolute atomic E-state index is 0.224. The van der Waals surface area contributed by atoms with E-state index in [9.17, 15) is 0 Å². The molecule has 1 spiro atoms. The average Bonchev–Trinajstić information content (AvgIpc) is 3.37. The van der Waals surface area contributed by atoms with Gasteiger partial charge in [-0.2, -0.15) is 5.10 Å². The third kappa shape index (κ3) is 3.17. The second kappa shape index (κ2) is 7.95. The van der Waals surface area contributed by atoms with Crippen LogP contribution in [0.25, 0.3) is 0 Å². The topological polar surface area (TPSA) is 41.0 Å². The molecule has 2 aromatic carbocycles. The molecule has 2 atom stereocenters. The molecule has 34 heavy (non-hydrogen) atoms. The van der Waals surface area contributed by atoms with Crippen LogP contribution >= 0.6 is 0 Å². The van der Waals surface area contributed by atoms with E-state index in [2.05, 4.69) is 69.5 Å². The van der Waals surface area contributed by atoms with Crippen LogP contribution in [0.3, 0.4) is 0 Å². The number of piperidine rings is 1. The quantitative estimate of drug-likeness (QED) is 0.517. The van der Waals surface area contributed by atoms with Gasteiger partial charge >= 0.3 is 0 Å². The monoisotopic (exact) mass is 450 g/mol. The Labute approximate surface area is 201 Å². The number of aromatic nitrogens is 1. The molecular weight excluding hydrogens is 420 g/mol. The number of benzene rings is 2. The Hall–Kier alpha value is -3.18. The molecule has 1 fully saturated rings. The maximum Gasteiger partial charge on any atom is 0.200 e. The zero-order valence-electron chi connectivity index (χ0n) is 19.4. The van der Waals surface area contributed by atoms with Crippen molar-refractivity contribution >= 4 is 5.71 Å². The molecule has 4 aliphatic rings. The number of aryl methyl sites for hydroxylation is 1. The Morgan fingerprint density at radius 3 is 2.56 bits per heavy atom. The normalized spacial score (nSPS) is 25.2. The van der Waals surface area contributed by atoms with Gasteiger partial charge in [-0.1, -0.05) is 48.5 Å². The maximum absolute atomic E-state index is 6.84. The van der Waals surface area contributed by atoms with Crippen LogP contribution in [0.15, 0.2) is 78.2 Å². The molecule has 5 nitrogen and oxygen atoms in total. The summed E-state index contributed by atoms with van der Waals surface area (Å²) in [7, 11) is 0. The fraction of sp³-hybridized carbons (Fsp3) is 0.379. The van der Waals surface area contributed by atoms with Crippen LogP contribution in [-0.4, -0.2) is 39.4 Å². The molecule has 1 saturated heterocycles. The summed E-state index contributed by atoms with van der Waals surface area (Å²) < 4.78 is 6.84. The highest BCUT2D eigenvalue weighted by Crippen LogP contribution is 2.50. The van der Waals surface area contributed by atoms with Crippen molar-refractivity contribution in [1.29, 1.82) is 0 Å². The summed E-state index contributed by atoms with van der Waals surface area (Å²) in [5.41, 5.74) is 6.16. The smallest absolute Gasteiger partial charge is 0.200 e. The largest absolute Gasteiger partial charge is 0.466 e. The Kier molecular flexibility index (Phi) is 4.73. The molecule has 4 heterocycles. The summed E-state index contributed by atoms with van der Waals surface area (Å²) in [5.74, 6) is 1.03. The predicted octanol–water partition coefficient (Wildman–Crippen LogP) is 5.49. The van der Waals surface area contributed by atoms with Gasteiger partial charge < -0.3 is 4.74 Å². The van der Waals surface area contributed by atoms with Crippen LogP contribution in [0.4, 0.5) is 0 Å². The van der Waals surface area contributed by atoms with E-state index >= 15 is 0 Å². The first-order valence-corrected chi connectivity index (χ1v) is 12.7. The van der Waals surface area contributed by atoms with Crippen molar-refractivity contribution in [2.75, 3.05) is 13.1 Å². The highest BCUT2D eigenvalue weighted by molar-refractivity contribution is 6.01. The molecule has 172 valence electrons. The van der Waals surface area contributed by atoms with Crippen molar-refractivity contribution in [3.05, 3.63) is 95.3 Å². The molecule has 7 rings (SSSR count). The number of hydrogen-bond acceptors (Lipinski definition) is 5. The van der Waals surface area contributed by atoms with Gasteiger partial charge in [0.2, 0.25) is 5.72 Å². The molecule has 2 unspecified atom stereocenters. The number of hydrazone groups is 1. The van der Waals surface area contributed by atoms with E-state index < -0.39 is 0 Å². The molecular formula is C29H30N4O. The van der Waals surface area contributed by atoms with Crippen molar-refractivity contribution in [2.24, 2.45) is 5.10 Å². The van der Waals surface area contributed by atoms with E-state index in [1.54, 1.807) is 0 Å². The van der Waals surface area contributed by atoms with Crippen molar-refractivity contribution in [3.8, 4) is 5.75 Å². The van der Waals surface area contributed by atoms with Gasteiger partial charge in [-0.05, 0) is 42.5 Å². The second-order valence-electron chi connectivity index (χ2n) is 10.1. The van der Waals surface area contributed by atoms with Gasteiger partial charge in [-0.3, -0.25) is 9.88 Å². The molecule has 0 bridgehead atoms. The Morgan fingerprint density at radius 1 is 0.882 bits per heavy atom. The fourth-order valence-corrected chi connectivity index (χ4v) is 6.56. The lowest BCUT2D eigenvalue weighted by Gasteiger charge is -2.52. The fourth-order valence-electron chi connectivity index (χ4n) is 6.56. The zero-order chi connectivity index (χ0) is 22.5. The van der Waals surface area contributed by atoms with E-state index in [0.717, 1.165) is 49.4 Å². The van der Waals surface area contributed by atoms with Gasteiger partial charge in [-0.25, -0.2) is 5.01 Å². The van der Waals surface area contributed by atoms with E-state index in [1.807, 2.05) is 18.5 Å². The summed E-state index contributed by atoms with van der Waals surface area (Å²) in [6, 6.07) is 22.5. The summed E-state index contributed by atoms with van der Waals surface area (Å²) in [4.78, 5) is 7.04. The lowest BCUT2D eigenvalue weighted by Crippen LogP contribution is -2.59. The lowest BCUT2D eigenvalue weighted by molar-refractivity contribution is -0.153. The number of likely N-dealkylation sites (tertiary alicyclic amines) is 1. The molecule has 1 aliphatic carbocycles. The molecule has 1 aromatic heterocycles. The first kappa shape index (κ1) is 20.2. The van der Waals surface area contributed by atoms with Gasteiger partial charge in [-0.15, -0.1) is 0 Å². The van der Waals surface area contributed by atoms with Crippen LogP contribution in [0.2, 0.25) is 0 Å². The number of hydrogen-bond donors (Lipinski definition) is 0. The molecule has 3 aliphatic heterocycles. The summed E-state index contributed by atoms with van der Waals surface area (Å²) in [6.07, 6.45) is 10.3. The first-order chi connectivity index (χ1) is 16.8. The molecule has 0 radical (unpaired) electrons. The highest BCUT2D eigenvalue weighted by Gasteiger charge is 2.52. The first-order valence-electron chi connectivity index (χ1n) is 12.7. The third-order valence-electron chi connectivity index (χ3n) is 8.26. The number of ether oxygens (including phenoxy) is 1. The predicted molar refractivity (Wildman–Crippen MR) is 133 cm³/mol. The summed E-state index contributed by atoms with van der Waals surface area (Å²) >= 11 is 0. The number of rotatable bonds is 2. The van der Waals surface area contributed by atoms with E-state index in [4.69, 9.17) is 9.84 Å². The van der Waals surface area contributed by atoms with Gasteiger partial charge in [0.25, 0.3) is 0 Å². The number of nitrogens with zero attached hydrogens (tertiary/aromatic N) is 4. The van der Waals surface area contributed by atoms with Gasteiger partial charge in [0.15, 0.2) is 0 Å². The van der Waals surface area contributed by atoms with Crippen molar-refractivity contribution in [1.82, 2.24) is 14.9 Å². The Morgan fingerprint density at radius 2 is 1.71 bits per heavy atom. The minimum atomic E-state index is -0.381. The lowest BCUT2D eigenvalue weighted by atomic mass is 9.84. The SMILES string of the molecule is c1cncc(C2=NN3C(C2)c2ccccc2OC32CCN(C3CCCc4ccccc43)CC2)c1. The Bertz CT molecular complexity index is 1230. The number of para-hydroxylation sites is 1. The number of fused-ring (bicyclic) bond motifs is 5. The molecule has 5 heteroatoms. The maximum atomic E-state index is 6.84. The van der Waals surface area contributed by atoms with E-state index in [1.165, 1.54) is 36.0 Å². The molecule has 0 amide bonds. The second-order valence-corrected chi connectivity index (χ2v) is 10.1. The van der Waals surface area contributed by atoms with E-state index in [0.29, 0.717) is 6.04 Å². The highest BCUT2D eigenvalue weighted by atomic mass is 16.5. The van der Waals surface area contributed by atoms with Crippen LogP contribution in [-0.2, 0) is 6.42 Å². The van der Waals surface area contributed by atoms with Crippen LogP contribution in [0.1, 0.15) is 66.4 Å². The Balaban J connectivity index is 1.20. The van der Waals surface area contributed by atoms with E-state index in [-0.39, 0.29) is 11.8 Å². The van der Waals surface area contributed by atoms with Crippen molar-refractivity contribution in [2.45, 2.75) is 56.3 Å².